The molecule has 0 saturated heterocycles. The van der Waals surface area contributed by atoms with Crippen molar-refractivity contribution in [2.45, 2.75) is 52.7 Å². The van der Waals surface area contributed by atoms with Crippen molar-refractivity contribution in [2.75, 3.05) is 5.32 Å². The second-order valence-corrected chi connectivity index (χ2v) is 6.72. The molecule has 1 rings (SSSR count). The Labute approximate surface area is 142 Å². The van der Waals surface area contributed by atoms with E-state index >= 15 is 0 Å². The van der Waals surface area contributed by atoms with Crippen LogP contribution in [0.3, 0.4) is 0 Å². The highest BCUT2D eigenvalue weighted by molar-refractivity contribution is 7.80. The zero-order chi connectivity index (χ0) is 16.9. The molecule has 0 spiro atoms. The van der Waals surface area contributed by atoms with Gasteiger partial charge in [0.15, 0.2) is 0 Å². The quantitative estimate of drug-likeness (QED) is 0.628. The Kier molecular flexibility index (Phi) is 6.63. The highest BCUT2D eigenvalue weighted by atomic mass is 35.5. The Morgan fingerprint density at radius 2 is 2.05 bits per heavy atom. The number of hydrogen-bond acceptors (Lipinski definition) is 4. The van der Waals surface area contributed by atoms with Crippen LogP contribution in [0.4, 0.5) is 5.69 Å². The van der Waals surface area contributed by atoms with Gasteiger partial charge in [0.25, 0.3) is 5.17 Å². The molecular formula is C16H22ClNO3S. The first-order valence-electron chi connectivity index (χ1n) is 7.13. The van der Waals surface area contributed by atoms with E-state index in [1.54, 1.807) is 39.0 Å². The van der Waals surface area contributed by atoms with Crippen LogP contribution in [0.15, 0.2) is 18.2 Å². The lowest BCUT2D eigenvalue weighted by Crippen LogP contribution is -2.24. The summed E-state index contributed by atoms with van der Waals surface area (Å²) in [6.45, 7) is 9.35. The highest BCUT2D eigenvalue weighted by Crippen LogP contribution is 2.23. The summed E-state index contributed by atoms with van der Waals surface area (Å²) >= 11 is 11.2. The van der Waals surface area contributed by atoms with E-state index in [9.17, 15) is 4.79 Å². The maximum absolute atomic E-state index is 12.1. The van der Waals surface area contributed by atoms with Gasteiger partial charge >= 0.3 is 5.97 Å². The normalized spacial score (nSPS) is 12.5. The minimum absolute atomic E-state index is 0.0256. The maximum atomic E-state index is 12.1. The Morgan fingerprint density at radius 3 is 2.59 bits per heavy atom. The lowest BCUT2D eigenvalue weighted by molar-refractivity contribution is 0.00698. The number of carbonyl (C=O) groups is 1. The van der Waals surface area contributed by atoms with Crippen LogP contribution in [-0.2, 0) is 9.47 Å². The summed E-state index contributed by atoms with van der Waals surface area (Å²) < 4.78 is 10.8. The smallest absolute Gasteiger partial charge is 0.340 e. The molecule has 0 bridgehead atoms. The van der Waals surface area contributed by atoms with E-state index in [0.29, 0.717) is 10.7 Å². The van der Waals surface area contributed by atoms with Gasteiger partial charge in [0.2, 0.25) is 0 Å². The summed E-state index contributed by atoms with van der Waals surface area (Å²) in [6.07, 6.45) is 0.878. The second kappa shape index (κ2) is 7.79. The summed E-state index contributed by atoms with van der Waals surface area (Å²) in [6, 6.07) is 4.94. The lowest BCUT2D eigenvalue weighted by atomic mass is 10.1. The highest BCUT2D eigenvalue weighted by Gasteiger charge is 2.20. The Bertz CT molecular complexity index is 555. The molecule has 0 fully saturated rings. The van der Waals surface area contributed by atoms with E-state index < -0.39 is 11.6 Å². The predicted octanol–water partition coefficient (Wildman–Crippen LogP) is 4.81. The third-order valence-corrected chi connectivity index (χ3v) is 3.24. The number of anilines is 1. The molecule has 1 unspecified atom stereocenters. The largest absolute Gasteiger partial charge is 0.468 e. The molecule has 22 heavy (non-hydrogen) atoms. The van der Waals surface area contributed by atoms with Gasteiger partial charge in [0.1, 0.15) is 5.60 Å². The fraction of sp³-hybridized carbons (Fsp3) is 0.500. The van der Waals surface area contributed by atoms with Crippen molar-refractivity contribution in [2.24, 2.45) is 0 Å². The first-order valence-corrected chi connectivity index (χ1v) is 7.91. The average Bonchev–Trinajstić information content (AvgIpc) is 2.38. The molecular weight excluding hydrogens is 322 g/mol. The number of halogens is 1. The van der Waals surface area contributed by atoms with Crippen LogP contribution in [0.25, 0.3) is 0 Å². The van der Waals surface area contributed by atoms with Crippen LogP contribution in [0, 0.1) is 0 Å². The molecule has 0 radical (unpaired) electrons. The van der Waals surface area contributed by atoms with E-state index in [-0.39, 0.29) is 16.8 Å². The second-order valence-electron chi connectivity index (χ2n) is 5.95. The SMILES string of the molecule is CCC(C)OC(=S)Nc1ccc(Cl)c(C(=O)OC(C)(C)C)c1. The zero-order valence-corrected chi connectivity index (χ0v) is 15.1. The third kappa shape index (κ3) is 6.20. The number of rotatable bonds is 4. The molecule has 1 N–H and O–H groups in total. The number of hydrogen-bond donors (Lipinski definition) is 1. The summed E-state index contributed by atoms with van der Waals surface area (Å²) in [5.41, 5.74) is 0.324. The molecule has 0 aliphatic rings. The molecule has 0 aliphatic carbocycles. The van der Waals surface area contributed by atoms with Gasteiger partial charge in [0.05, 0.1) is 16.7 Å². The fourth-order valence-electron chi connectivity index (χ4n) is 1.51. The molecule has 6 heteroatoms. The van der Waals surface area contributed by atoms with Crippen molar-refractivity contribution in [3.63, 3.8) is 0 Å². The topological polar surface area (TPSA) is 47.6 Å². The molecule has 122 valence electrons. The van der Waals surface area contributed by atoms with Gasteiger partial charge in [-0.1, -0.05) is 18.5 Å². The molecule has 0 aliphatic heterocycles. The molecule has 1 aromatic carbocycles. The number of carbonyl (C=O) groups excluding carboxylic acids is 1. The first-order chi connectivity index (χ1) is 10.1. The van der Waals surface area contributed by atoms with Crippen LogP contribution in [0.2, 0.25) is 5.02 Å². The van der Waals surface area contributed by atoms with E-state index in [2.05, 4.69) is 5.32 Å². The third-order valence-electron chi connectivity index (χ3n) is 2.71. The molecule has 4 nitrogen and oxygen atoms in total. The van der Waals surface area contributed by atoms with Crippen LogP contribution in [-0.4, -0.2) is 22.8 Å². The number of nitrogens with one attached hydrogen (secondary N) is 1. The van der Waals surface area contributed by atoms with Crippen LogP contribution >= 0.6 is 23.8 Å². The number of thiocarbonyl (C=S) groups is 1. The van der Waals surface area contributed by atoms with Crippen molar-refractivity contribution in [3.05, 3.63) is 28.8 Å². The van der Waals surface area contributed by atoms with Crippen LogP contribution in [0.5, 0.6) is 0 Å². The summed E-state index contributed by atoms with van der Waals surface area (Å²) in [5.74, 6) is -0.477. The van der Waals surface area contributed by atoms with Crippen molar-refractivity contribution >= 4 is 40.7 Å². The fourth-order valence-corrected chi connectivity index (χ4v) is 1.98. The molecule has 1 atom stereocenters. The minimum Gasteiger partial charge on any atom is -0.468 e. The Balaban J connectivity index is 2.86. The van der Waals surface area contributed by atoms with Gasteiger partial charge in [-0.3, -0.25) is 0 Å². The standard InChI is InChI=1S/C16H22ClNO3S/c1-6-10(2)20-15(22)18-11-7-8-13(17)12(9-11)14(19)21-16(3,4)5/h7-10H,6H2,1-5H3,(H,18,22). The van der Waals surface area contributed by atoms with E-state index in [1.165, 1.54) is 0 Å². The van der Waals surface area contributed by atoms with Gasteiger partial charge in [-0.05, 0) is 64.5 Å². The minimum atomic E-state index is -0.585. The van der Waals surface area contributed by atoms with Crippen molar-refractivity contribution in [1.29, 1.82) is 0 Å². The average molecular weight is 344 g/mol. The van der Waals surface area contributed by atoms with Gasteiger partial charge in [-0.2, -0.15) is 0 Å². The van der Waals surface area contributed by atoms with E-state index in [0.717, 1.165) is 6.42 Å². The molecule has 0 aromatic heterocycles. The molecule has 0 saturated carbocycles. The van der Waals surface area contributed by atoms with Crippen molar-refractivity contribution < 1.29 is 14.3 Å². The number of esters is 1. The Morgan fingerprint density at radius 1 is 1.41 bits per heavy atom. The summed E-state index contributed by atoms with van der Waals surface area (Å²) in [4.78, 5) is 12.1. The monoisotopic (exact) mass is 343 g/mol. The summed E-state index contributed by atoms with van der Waals surface area (Å²) in [7, 11) is 0. The van der Waals surface area contributed by atoms with Gasteiger partial charge in [-0.25, -0.2) is 4.79 Å². The van der Waals surface area contributed by atoms with Crippen molar-refractivity contribution in [3.8, 4) is 0 Å². The lowest BCUT2D eigenvalue weighted by Gasteiger charge is -2.20. The van der Waals surface area contributed by atoms with E-state index in [1.807, 2.05) is 13.8 Å². The molecule has 0 heterocycles. The first kappa shape index (κ1) is 18.7. The summed E-state index contributed by atoms with van der Waals surface area (Å²) in [5, 5.41) is 3.52. The molecule has 0 amide bonds. The van der Waals surface area contributed by atoms with Crippen molar-refractivity contribution in [1.82, 2.24) is 0 Å². The van der Waals surface area contributed by atoms with Gasteiger partial charge in [0, 0.05) is 5.69 Å². The van der Waals surface area contributed by atoms with Crippen LogP contribution < -0.4 is 5.32 Å². The maximum Gasteiger partial charge on any atom is 0.340 e. The van der Waals surface area contributed by atoms with Gasteiger partial charge in [-0.15, -0.1) is 0 Å². The van der Waals surface area contributed by atoms with Crippen LogP contribution in [0.1, 0.15) is 51.4 Å². The van der Waals surface area contributed by atoms with Gasteiger partial charge < -0.3 is 14.8 Å². The number of benzene rings is 1. The predicted molar refractivity (Wildman–Crippen MR) is 93.7 cm³/mol. The molecule has 1 aromatic rings. The zero-order valence-electron chi connectivity index (χ0n) is 13.5. The Hall–Kier alpha value is -1.33. The van der Waals surface area contributed by atoms with E-state index in [4.69, 9.17) is 33.3 Å². The number of ether oxygens (including phenoxy) is 2.